The molecule has 0 aliphatic carbocycles. The van der Waals surface area contributed by atoms with Crippen molar-refractivity contribution in [3.63, 3.8) is 0 Å². The quantitative estimate of drug-likeness (QED) is 0.784. The van der Waals surface area contributed by atoms with Crippen LogP contribution in [0.5, 0.6) is 5.75 Å². The number of rotatable bonds is 4. The Morgan fingerprint density at radius 1 is 1.32 bits per heavy atom. The van der Waals surface area contributed by atoms with Crippen LogP contribution < -0.4 is 14.8 Å². The Labute approximate surface area is 149 Å². The SMILES string of the molecule is CC(=O)Nc1nnc(S(=O)(=O)NC2CC(C)(C)Oc3ccccc32)s1. The summed E-state index contributed by atoms with van der Waals surface area (Å²) < 4.78 is 33.7. The highest BCUT2D eigenvalue weighted by molar-refractivity contribution is 7.91. The van der Waals surface area contributed by atoms with Crippen LogP contribution in [0.3, 0.4) is 0 Å². The summed E-state index contributed by atoms with van der Waals surface area (Å²) in [6.45, 7) is 5.13. The van der Waals surface area contributed by atoms with Crippen molar-refractivity contribution >= 4 is 32.4 Å². The van der Waals surface area contributed by atoms with Gasteiger partial charge in [0.1, 0.15) is 11.4 Å². The Hall–Kier alpha value is -2.04. The standard InChI is InChI=1S/C15H18N4O4S2/c1-9(20)16-13-17-18-14(24-13)25(21,22)19-11-8-15(2,3)23-12-7-5-4-6-10(11)12/h4-7,11,19H,8H2,1-3H3,(H,16,17,20). The number of nitrogens with zero attached hydrogens (tertiary/aromatic N) is 2. The van der Waals surface area contributed by atoms with Crippen molar-refractivity contribution in [1.82, 2.24) is 14.9 Å². The first kappa shape index (κ1) is 17.8. The molecule has 8 nitrogen and oxygen atoms in total. The smallest absolute Gasteiger partial charge is 0.270 e. The zero-order valence-corrected chi connectivity index (χ0v) is 15.6. The van der Waals surface area contributed by atoms with Crippen molar-refractivity contribution in [3.05, 3.63) is 29.8 Å². The van der Waals surface area contributed by atoms with Gasteiger partial charge in [-0.15, -0.1) is 10.2 Å². The summed E-state index contributed by atoms with van der Waals surface area (Å²) in [7, 11) is -3.88. The number of anilines is 1. The number of carbonyl (C=O) groups excluding carboxylic acids is 1. The van der Waals surface area contributed by atoms with Crippen LogP contribution in [0.4, 0.5) is 5.13 Å². The number of hydrogen-bond donors (Lipinski definition) is 2. The first-order valence-electron chi connectivity index (χ1n) is 7.58. The van der Waals surface area contributed by atoms with E-state index in [-0.39, 0.29) is 15.4 Å². The highest BCUT2D eigenvalue weighted by Gasteiger charge is 2.36. The van der Waals surface area contributed by atoms with Crippen molar-refractivity contribution < 1.29 is 17.9 Å². The van der Waals surface area contributed by atoms with E-state index in [1.165, 1.54) is 6.92 Å². The number of benzene rings is 1. The summed E-state index contributed by atoms with van der Waals surface area (Å²) in [5.74, 6) is 0.316. The molecule has 1 aliphatic heterocycles. The summed E-state index contributed by atoms with van der Waals surface area (Å²) in [4.78, 5) is 11.0. The highest BCUT2D eigenvalue weighted by atomic mass is 32.2. The fourth-order valence-electron chi connectivity index (χ4n) is 2.66. The molecule has 2 aromatic rings. The Morgan fingerprint density at radius 2 is 2.04 bits per heavy atom. The van der Waals surface area contributed by atoms with E-state index in [9.17, 15) is 13.2 Å². The molecular formula is C15H18N4O4S2. The summed E-state index contributed by atoms with van der Waals surface area (Å²) in [6, 6.07) is 6.88. The van der Waals surface area contributed by atoms with E-state index in [4.69, 9.17) is 4.74 Å². The third-order valence-corrected chi connectivity index (χ3v) is 6.27. The van der Waals surface area contributed by atoms with Gasteiger partial charge in [0, 0.05) is 18.9 Å². The number of carbonyl (C=O) groups is 1. The molecule has 1 unspecified atom stereocenters. The average Bonchev–Trinajstić information content (AvgIpc) is 2.94. The van der Waals surface area contributed by atoms with Gasteiger partial charge >= 0.3 is 0 Å². The molecule has 1 amide bonds. The van der Waals surface area contributed by atoms with Crippen LogP contribution in [-0.4, -0.2) is 30.1 Å². The molecule has 0 spiro atoms. The van der Waals surface area contributed by atoms with E-state index < -0.39 is 21.7 Å². The van der Waals surface area contributed by atoms with Gasteiger partial charge in [-0.05, 0) is 19.9 Å². The lowest BCUT2D eigenvalue weighted by atomic mass is 9.90. The van der Waals surface area contributed by atoms with Gasteiger partial charge in [0.2, 0.25) is 15.4 Å². The number of amides is 1. The van der Waals surface area contributed by atoms with Crippen LogP contribution in [0, 0.1) is 0 Å². The fourth-order valence-corrected chi connectivity index (χ4v) is 4.84. The number of nitrogens with one attached hydrogen (secondary N) is 2. The largest absolute Gasteiger partial charge is 0.487 e. The second-order valence-corrected chi connectivity index (χ2v) is 9.20. The predicted molar refractivity (Wildman–Crippen MR) is 93.0 cm³/mol. The highest BCUT2D eigenvalue weighted by Crippen LogP contribution is 2.40. The van der Waals surface area contributed by atoms with E-state index in [0.717, 1.165) is 16.9 Å². The van der Waals surface area contributed by atoms with Crippen molar-refractivity contribution in [2.24, 2.45) is 0 Å². The third-order valence-electron chi connectivity index (χ3n) is 3.59. The Kier molecular flexibility index (Phi) is 4.52. The lowest BCUT2D eigenvalue weighted by Crippen LogP contribution is -2.41. The van der Waals surface area contributed by atoms with Gasteiger partial charge in [0.15, 0.2) is 0 Å². The molecule has 0 saturated carbocycles. The van der Waals surface area contributed by atoms with Gasteiger partial charge in [-0.2, -0.15) is 0 Å². The minimum Gasteiger partial charge on any atom is -0.487 e. The van der Waals surface area contributed by atoms with Gasteiger partial charge in [0.05, 0.1) is 6.04 Å². The minimum absolute atomic E-state index is 0.139. The number of aromatic nitrogens is 2. The molecule has 134 valence electrons. The monoisotopic (exact) mass is 382 g/mol. The minimum atomic E-state index is -3.88. The Bertz CT molecular complexity index is 908. The van der Waals surface area contributed by atoms with Crippen LogP contribution in [-0.2, 0) is 14.8 Å². The Balaban J connectivity index is 1.88. The summed E-state index contributed by atoms with van der Waals surface area (Å²) >= 11 is 0.802. The summed E-state index contributed by atoms with van der Waals surface area (Å²) in [6.07, 6.45) is 0.473. The van der Waals surface area contributed by atoms with Gasteiger partial charge in [0.25, 0.3) is 10.0 Å². The zero-order valence-electron chi connectivity index (χ0n) is 13.9. The molecule has 2 heterocycles. The number of para-hydroxylation sites is 1. The van der Waals surface area contributed by atoms with Crippen LogP contribution in [0.15, 0.2) is 28.6 Å². The molecule has 0 fully saturated rings. The number of hydrogen-bond acceptors (Lipinski definition) is 7. The van der Waals surface area contributed by atoms with Crippen LogP contribution in [0.25, 0.3) is 0 Å². The lowest BCUT2D eigenvalue weighted by Gasteiger charge is -2.37. The third kappa shape index (κ3) is 3.97. The Morgan fingerprint density at radius 3 is 2.76 bits per heavy atom. The first-order chi connectivity index (χ1) is 11.7. The summed E-state index contributed by atoms with van der Waals surface area (Å²) in [5.41, 5.74) is 0.265. The molecule has 25 heavy (non-hydrogen) atoms. The normalized spacial score (nSPS) is 18.9. The maximum Gasteiger partial charge on any atom is 0.270 e. The molecule has 0 radical (unpaired) electrons. The topological polar surface area (TPSA) is 110 Å². The predicted octanol–water partition coefficient (Wildman–Crippen LogP) is 2.08. The fraction of sp³-hybridized carbons (Fsp3) is 0.400. The molecule has 0 saturated heterocycles. The van der Waals surface area contributed by atoms with Crippen molar-refractivity contribution in [1.29, 1.82) is 0 Å². The van der Waals surface area contributed by atoms with E-state index in [1.807, 2.05) is 38.1 Å². The van der Waals surface area contributed by atoms with E-state index >= 15 is 0 Å². The van der Waals surface area contributed by atoms with Gasteiger partial charge in [-0.25, -0.2) is 13.1 Å². The average molecular weight is 382 g/mol. The van der Waals surface area contributed by atoms with Crippen molar-refractivity contribution in [2.75, 3.05) is 5.32 Å². The molecule has 0 bridgehead atoms. The molecule has 1 aliphatic rings. The van der Waals surface area contributed by atoms with Crippen molar-refractivity contribution in [2.45, 2.75) is 43.2 Å². The van der Waals surface area contributed by atoms with Crippen LogP contribution in [0.2, 0.25) is 0 Å². The van der Waals surface area contributed by atoms with Gasteiger partial charge < -0.3 is 10.1 Å². The second kappa shape index (κ2) is 6.36. The van der Waals surface area contributed by atoms with E-state index in [1.54, 1.807) is 0 Å². The molecular weight excluding hydrogens is 364 g/mol. The van der Waals surface area contributed by atoms with Gasteiger partial charge in [-0.1, -0.05) is 29.5 Å². The summed E-state index contributed by atoms with van der Waals surface area (Å²) in [5, 5.41) is 9.91. The van der Waals surface area contributed by atoms with Crippen LogP contribution in [0.1, 0.15) is 38.8 Å². The lowest BCUT2D eigenvalue weighted by molar-refractivity contribution is -0.114. The molecule has 1 atom stereocenters. The zero-order chi connectivity index (χ0) is 18.2. The maximum absolute atomic E-state index is 12.7. The van der Waals surface area contributed by atoms with Gasteiger partial charge in [-0.3, -0.25) is 4.79 Å². The number of sulfonamides is 1. The molecule has 1 aromatic carbocycles. The number of ether oxygens (including phenoxy) is 1. The first-order valence-corrected chi connectivity index (χ1v) is 9.88. The second-order valence-electron chi connectivity index (χ2n) is 6.33. The molecule has 2 N–H and O–H groups in total. The van der Waals surface area contributed by atoms with Crippen molar-refractivity contribution in [3.8, 4) is 5.75 Å². The number of fused-ring (bicyclic) bond motifs is 1. The van der Waals surface area contributed by atoms with Crippen LogP contribution >= 0.6 is 11.3 Å². The van der Waals surface area contributed by atoms with E-state index in [0.29, 0.717) is 12.2 Å². The molecule has 1 aromatic heterocycles. The molecule has 3 rings (SSSR count). The van der Waals surface area contributed by atoms with E-state index in [2.05, 4.69) is 20.2 Å². The maximum atomic E-state index is 12.7. The molecule has 10 heteroatoms.